The van der Waals surface area contributed by atoms with Crippen molar-refractivity contribution in [3.8, 4) is 0 Å². The average molecular weight is 157 g/mol. The van der Waals surface area contributed by atoms with Gasteiger partial charge in [-0.25, -0.2) is 0 Å². The first-order valence-corrected chi connectivity index (χ1v) is 4.63. The number of hydrogen-bond acceptors (Lipinski definition) is 2. The van der Waals surface area contributed by atoms with Crippen LogP contribution in [0.5, 0.6) is 0 Å². The molecule has 1 aliphatic rings. The number of rotatable bonds is 2. The maximum Gasteiger partial charge on any atom is 0.0613 e. The number of aliphatic hydroxyl groups excluding tert-OH is 1. The van der Waals surface area contributed by atoms with E-state index < -0.39 is 0 Å². The van der Waals surface area contributed by atoms with Crippen molar-refractivity contribution in [2.24, 2.45) is 0 Å². The van der Waals surface area contributed by atoms with Gasteiger partial charge in [0.2, 0.25) is 0 Å². The zero-order chi connectivity index (χ0) is 8.16. The molecule has 0 bridgehead atoms. The average Bonchev–Trinajstić information content (AvgIpc) is 2.30. The highest BCUT2D eigenvalue weighted by Crippen LogP contribution is 2.25. The molecule has 0 aromatic heterocycles. The Hall–Kier alpha value is -0.0800. The number of aliphatic hydroxyl groups is 1. The van der Waals surface area contributed by atoms with Crippen molar-refractivity contribution in [3.05, 3.63) is 0 Å². The van der Waals surface area contributed by atoms with E-state index in [1.54, 1.807) is 0 Å². The first-order chi connectivity index (χ1) is 5.33. The lowest BCUT2D eigenvalue weighted by molar-refractivity contribution is 0.152. The molecule has 2 N–H and O–H groups in total. The largest absolute Gasteiger partial charge is 0.394 e. The molecule has 1 saturated carbocycles. The quantitative estimate of drug-likeness (QED) is 0.592. The molecule has 0 amide bonds. The standard InChI is InChI=1S/C9H19NO/c1-10-9(8-11)6-4-2-3-5-7-9/h10-11H,2-8H2,1H3. The van der Waals surface area contributed by atoms with E-state index in [1.165, 1.54) is 25.7 Å². The Morgan fingerprint density at radius 2 is 1.73 bits per heavy atom. The fraction of sp³-hybridized carbons (Fsp3) is 1.00. The summed E-state index contributed by atoms with van der Waals surface area (Å²) in [6.45, 7) is 0.295. The highest BCUT2D eigenvalue weighted by Gasteiger charge is 2.27. The van der Waals surface area contributed by atoms with E-state index in [4.69, 9.17) is 0 Å². The molecule has 2 nitrogen and oxygen atoms in total. The van der Waals surface area contributed by atoms with Gasteiger partial charge in [0.25, 0.3) is 0 Å². The third-order valence-corrected chi connectivity index (χ3v) is 2.89. The maximum atomic E-state index is 9.20. The highest BCUT2D eigenvalue weighted by molar-refractivity contribution is 4.87. The Balaban J connectivity index is 2.49. The highest BCUT2D eigenvalue weighted by atomic mass is 16.3. The van der Waals surface area contributed by atoms with Crippen LogP contribution >= 0.6 is 0 Å². The molecule has 0 atom stereocenters. The fourth-order valence-corrected chi connectivity index (χ4v) is 1.89. The maximum absolute atomic E-state index is 9.20. The van der Waals surface area contributed by atoms with E-state index >= 15 is 0 Å². The van der Waals surface area contributed by atoms with Crippen molar-refractivity contribution in [2.45, 2.75) is 44.1 Å². The van der Waals surface area contributed by atoms with Gasteiger partial charge in [-0.15, -0.1) is 0 Å². The van der Waals surface area contributed by atoms with Crippen molar-refractivity contribution in [1.82, 2.24) is 5.32 Å². The van der Waals surface area contributed by atoms with Gasteiger partial charge in [0.1, 0.15) is 0 Å². The summed E-state index contributed by atoms with van der Waals surface area (Å²) >= 11 is 0. The third-order valence-electron chi connectivity index (χ3n) is 2.89. The Kier molecular flexibility index (Phi) is 3.34. The monoisotopic (exact) mass is 157 g/mol. The zero-order valence-electron chi connectivity index (χ0n) is 7.40. The molecule has 0 aromatic rings. The van der Waals surface area contributed by atoms with Crippen molar-refractivity contribution >= 4 is 0 Å². The lowest BCUT2D eigenvalue weighted by Crippen LogP contribution is -2.45. The van der Waals surface area contributed by atoms with Gasteiger partial charge in [-0.3, -0.25) is 0 Å². The second kappa shape index (κ2) is 4.07. The third kappa shape index (κ3) is 2.17. The molecule has 0 aromatic carbocycles. The van der Waals surface area contributed by atoms with E-state index in [-0.39, 0.29) is 5.54 Å². The molecule has 0 aliphatic heterocycles. The van der Waals surface area contributed by atoms with Gasteiger partial charge in [-0.2, -0.15) is 0 Å². The molecule has 1 fully saturated rings. The van der Waals surface area contributed by atoms with E-state index in [9.17, 15) is 5.11 Å². The number of likely N-dealkylation sites (N-methyl/N-ethyl adjacent to an activating group) is 1. The van der Waals surface area contributed by atoms with Crippen LogP contribution in [0.3, 0.4) is 0 Å². The minimum absolute atomic E-state index is 0.0521. The van der Waals surface area contributed by atoms with Crippen molar-refractivity contribution < 1.29 is 5.11 Å². The predicted octanol–water partition coefficient (Wildman–Crippen LogP) is 1.29. The normalized spacial score (nSPS) is 24.5. The molecule has 2 heteroatoms. The molecule has 0 heterocycles. The molecule has 0 spiro atoms. The fourth-order valence-electron chi connectivity index (χ4n) is 1.89. The predicted molar refractivity (Wildman–Crippen MR) is 46.6 cm³/mol. The minimum Gasteiger partial charge on any atom is -0.394 e. The van der Waals surface area contributed by atoms with E-state index in [1.807, 2.05) is 7.05 Å². The Bertz CT molecular complexity index is 100. The van der Waals surface area contributed by atoms with Crippen LogP contribution in [-0.4, -0.2) is 24.3 Å². The molecule has 1 aliphatic carbocycles. The summed E-state index contributed by atoms with van der Waals surface area (Å²) in [6, 6.07) is 0. The smallest absolute Gasteiger partial charge is 0.0613 e. The molecule has 0 unspecified atom stereocenters. The van der Waals surface area contributed by atoms with Crippen LogP contribution in [0.4, 0.5) is 0 Å². The number of nitrogens with one attached hydrogen (secondary N) is 1. The topological polar surface area (TPSA) is 32.3 Å². The SMILES string of the molecule is CNC1(CO)CCCCCC1. The van der Waals surface area contributed by atoms with Crippen LogP contribution in [0.15, 0.2) is 0 Å². The van der Waals surface area contributed by atoms with Gasteiger partial charge < -0.3 is 10.4 Å². The Morgan fingerprint density at radius 3 is 2.09 bits per heavy atom. The van der Waals surface area contributed by atoms with Crippen molar-refractivity contribution in [2.75, 3.05) is 13.7 Å². The van der Waals surface area contributed by atoms with E-state index in [0.29, 0.717) is 6.61 Å². The lowest BCUT2D eigenvalue weighted by Gasteiger charge is -2.30. The summed E-state index contributed by atoms with van der Waals surface area (Å²) in [5.74, 6) is 0. The molecular weight excluding hydrogens is 138 g/mol. The summed E-state index contributed by atoms with van der Waals surface area (Å²) in [5.41, 5.74) is 0.0521. The van der Waals surface area contributed by atoms with Crippen molar-refractivity contribution in [3.63, 3.8) is 0 Å². The first-order valence-electron chi connectivity index (χ1n) is 4.63. The van der Waals surface area contributed by atoms with Gasteiger partial charge in [0.05, 0.1) is 6.61 Å². The lowest BCUT2D eigenvalue weighted by atomic mass is 9.91. The van der Waals surface area contributed by atoms with Gasteiger partial charge in [-0.1, -0.05) is 25.7 Å². The second-order valence-electron chi connectivity index (χ2n) is 3.60. The molecule has 1 rings (SSSR count). The molecule has 0 saturated heterocycles. The summed E-state index contributed by atoms with van der Waals surface area (Å²) in [6.07, 6.45) is 7.48. The Labute approximate surface area is 69.0 Å². The van der Waals surface area contributed by atoms with E-state index in [2.05, 4.69) is 5.32 Å². The first kappa shape index (κ1) is 9.01. The van der Waals surface area contributed by atoms with E-state index in [0.717, 1.165) is 12.8 Å². The van der Waals surface area contributed by atoms with Gasteiger partial charge in [0, 0.05) is 5.54 Å². The van der Waals surface area contributed by atoms with Gasteiger partial charge in [0.15, 0.2) is 0 Å². The molecule has 0 radical (unpaired) electrons. The number of hydrogen-bond donors (Lipinski definition) is 2. The van der Waals surface area contributed by atoms with Crippen LogP contribution in [-0.2, 0) is 0 Å². The van der Waals surface area contributed by atoms with Crippen LogP contribution in [0.2, 0.25) is 0 Å². The van der Waals surface area contributed by atoms with Crippen molar-refractivity contribution in [1.29, 1.82) is 0 Å². The zero-order valence-corrected chi connectivity index (χ0v) is 7.40. The van der Waals surface area contributed by atoms with Crippen LogP contribution in [0.25, 0.3) is 0 Å². The molecule has 66 valence electrons. The summed E-state index contributed by atoms with van der Waals surface area (Å²) in [5, 5.41) is 12.5. The minimum atomic E-state index is 0.0521. The van der Waals surface area contributed by atoms with Crippen LogP contribution in [0.1, 0.15) is 38.5 Å². The molecule has 11 heavy (non-hydrogen) atoms. The van der Waals surface area contributed by atoms with Crippen LogP contribution < -0.4 is 5.32 Å². The Morgan fingerprint density at radius 1 is 1.18 bits per heavy atom. The van der Waals surface area contributed by atoms with Gasteiger partial charge in [-0.05, 0) is 19.9 Å². The summed E-state index contributed by atoms with van der Waals surface area (Å²) in [4.78, 5) is 0. The summed E-state index contributed by atoms with van der Waals surface area (Å²) < 4.78 is 0. The van der Waals surface area contributed by atoms with Crippen LogP contribution in [0, 0.1) is 0 Å². The second-order valence-corrected chi connectivity index (χ2v) is 3.60. The molecular formula is C9H19NO. The summed E-state index contributed by atoms with van der Waals surface area (Å²) in [7, 11) is 1.96. The van der Waals surface area contributed by atoms with Gasteiger partial charge >= 0.3 is 0 Å².